The van der Waals surface area contributed by atoms with Gasteiger partial charge in [-0.1, -0.05) is 0 Å². The highest BCUT2D eigenvalue weighted by molar-refractivity contribution is 7.88. The summed E-state index contributed by atoms with van der Waals surface area (Å²) in [6.07, 6.45) is 1.57. The first kappa shape index (κ1) is 25.2. The number of carbonyl (C=O) groups is 1. The summed E-state index contributed by atoms with van der Waals surface area (Å²) in [7, 11) is -1.72. The normalized spacial score (nSPS) is 21.6. The fourth-order valence-corrected chi connectivity index (χ4v) is 5.76. The van der Waals surface area contributed by atoms with Gasteiger partial charge in [0.05, 0.1) is 25.3 Å². The molecule has 2 fully saturated rings. The molecule has 0 radical (unpaired) electrons. The molecule has 0 aromatic carbocycles. The summed E-state index contributed by atoms with van der Waals surface area (Å²) in [6, 6.07) is -0.0985. The molecule has 1 N–H and O–H groups in total. The van der Waals surface area contributed by atoms with Gasteiger partial charge in [-0.15, -0.1) is 0 Å². The number of anilines is 1. The fraction of sp³-hybridized carbons (Fsp3) is 0.706. The van der Waals surface area contributed by atoms with Crippen LogP contribution in [-0.2, 0) is 19.6 Å². The van der Waals surface area contributed by atoms with E-state index < -0.39 is 28.0 Å². The molecule has 14 heteroatoms. The topological polar surface area (TPSA) is 113 Å². The minimum Gasteiger partial charge on any atom is -0.475 e. The van der Waals surface area contributed by atoms with Gasteiger partial charge in [0.15, 0.2) is 5.82 Å². The van der Waals surface area contributed by atoms with Crippen LogP contribution in [-0.4, -0.2) is 84.6 Å². The maximum absolute atomic E-state index is 13.0. The van der Waals surface area contributed by atoms with Gasteiger partial charge in [-0.3, -0.25) is 0 Å². The van der Waals surface area contributed by atoms with E-state index in [4.69, 9.17) is 14.6 Å². The van der Waals surface area contributed by atoms with E-state index in [0.717, 1.165) is 25.2 Å². The molecule has 0 aliphatic carbocycles. The van der Waals surface area contributed by atoms with Crippen LogP contribution < -0.4 is 4.90 Å². The van der Waals surface area contributed by atoms with Crippen LogP contribution in [0.2, 0.25) is 0 Å². The average molecular weight is 472 g/mol. The number of aliphatic carboxylic acids is 1. The van der Waals surface area contributed by atoms with Crippen molar-refractivity contribution >= 4 is 21.9 Å². The molecule has 0 saturated carbocycles. The lowest BCUT2D eigenvalue weighted by Gasteiger charge is -2.45. The van der Waals surface area contributed by atoms with Crippen molar-refractivity contribution in [2.24, 2.45) is 0 Å². The van der Waals surface area contributed by atoms with E-state index in [1.807, 2.05) is 4.90 Å². The zero-order chi connectivity index (χ0) is 23.4. The highest BCUT2D eigenvalue weighted by atomic mass is 32.2. The fourth-order valence-electron chi connectivity index (χ4n) is 4.08. The van der Waals surface area contributed by atoms with Crippen molar-refractivity contribution in [1.82, 2.24) is 14.3 Å². The lowest BCUT2D eigenvalue weighted by atomic mass is 9.86. The summed E-state index contributed by atoms with van der Waals surface area (Å²) in [4.78, 5) is 18.9. The number of sulfonamides is 1. The molecule has 3 heterocycles. The number of aromatic nitrogens is 2. The first-order chi connectivity index (χ1) is 14.3. The molecular formula is C17H24F4N4O5S. The molecule has 1 aromatic heterocycles. The molecule has 2 saturated heterocycles. The zero-order valence-electron chi connectivity index (χ0n) is 17.0. The number of ether oxygens (including phenoxy) is 1. The summed E-state index contributed by atoms with van der Waals surface area (Å²) < 4.78 is 76.3. The van der Waals surface area contributed by atoms with E-state index in [1.54, 1.807) is 11.4 Å². The number of carboxylic acids is 1. The standard InChI is InChI=1S/C15H23FN4O3S.C2HF3O2/c1-23-11-13-3-4-15(20(13)24(2,21)22)5-7-19(8-6-15)14-17-9-12(16)10-18-14;3-2(4,5)1(6)7/h9-10,13H,3-8,11H2,1-2H3;(H,6,7). The molecule has 176 valence electrons. The van der Waals surface area contributed by atoms with Crippen LogP contribution in [0.4, 0.5) is 23.5 Å². The van der Waals surface area contributed by atoms with Crippen LogP contribution >= 0.6 is 0 Å². The van der Waals surface area contributed by atoms with Gasteiger partial charge in [-0.25, -0.2) is 27.6 Å². The minimum absolute atomic E-state index is 0.0985. The highest BCUT2D eigenvalue weighted by Crippen LogP contribution is 2.43. The van der Waals surface area contributed by atoms with Gasteiger partial charge >= 0.3 is 12.1 Å². The van der Waals surface area contributed by atoms with Crippen molar-refractivity contribution in [1.29, 1.82) is 0 Å². The van der Waals surface area contributed by atoms with Crippen LogP contribution in [0.1, 0.15) is 25.7 Å². The van der Waals surface area contributed by atoms with Gasteiger partial charge in [0.1, 0.15) is 0 Å². The summed E-state index contributed by atoms with van der Waals surface area (Å²) in [5.41, 5.74) is -0.354. The van der Waals surface area contributed by atoms with Crippen molar-refractivity contribution < 1.29 is 40.6 Å². The average Bonchev–Trinajstić information content (AvgIpc) is 3.01. The van der Waals surface area contributed by atoms with Gasteiger partial charge in [0.2, 0.25) is 16.0 Å². The quantitative estimate of drug-likeness (QED) is 0.659. The van der Waals surface area contributed by atoms with Crippen molar-refractivity contribution in [2.45, 2.75) is 43.4 Å². The Morgan fingerprint density at radius 2 is 1.77 bits per heavy atom. The largest absolute Gasteiger partial charge is 0.490 e. The van der Waals surface area contributed by atoms with Gasteiger partial charge in [-0.2, -0.15) is 17.5 Å². The molecule has 0 amide bonds. The molecule has 9 nitrogen and oxygen atoms in total. The van der Waals surface area contributed by atoms with Crippen molar-refractivity contribution in [3.05, 3.63) is 18.2 Å². The Morgan fingerprint density at radius 1 is 1.26 bits per heavy atom. The van der Waals surface area contributed by atoms with Crippen LogP contribution in [0, 0.1) is 5.82 Å². The van der Waals surface area contributed by atoms with Gasteiger partial charge in [-0.05, 0) is 25.7 Å². The number of piperidine rings is 1. The van der Waals surface area contributed by atoms with Crippen molar-refractivity contribution in [3.8, 4) is 0 Å². The lowest BCUT2D eigenvalue weighted by Crippen LogP contribution is -2.56. The second kappa shape index (κ2) is 9.61. The summed E-state index contributed by atoms with van der Waals surface area (Å²) in [6.45, 7) is 1.72. The molecule has 2 aliphatic rings. The predicted octanol–water partition coefficient (Wildman–Crippen LogP) is 1.66. The Bertz CT molecular complexity index is 858. The second-order valence-corrected chi connectivity index (χ2v) is 9.28. The van der Waals surface area contributed by atoms with Crippen LogP contribution in [0.25, 0.3) is 0 Å². The molecule has 1 unspecified atom stereocenters. The third-order valence-corrected chi connectivity index (χ3v) is 6.68. The number of rotatable bonds is 4. The van der Waals surface area contributed by atoms with E-state index in [0.29, 0.717) is 38.5 Å². The van der Waals surface area contributed by atoms with Crippen LogP contribution in [0.5, 0.6) is 0 Å². The number of nitrogens with zero attached hydrogens (tertiary/aromatic N) is 4. The first-order valence-electron chi connectivity index (χ1n) is 9.31. The van der Waals surface area contributed by atoms with Gasteiger partial charge in [0.25, 0.3) is 0 Å². The Balaban J connectivity index is 0.000000423. The Kier molecular flexibility index (Phi) is 7.81. The maximum atomic E-state index is 13.0. The van der Waals surface area contributed by atoms with E-state index in [9.17, 15) is 26.0 Å². The third-order valence-electron chi connectivity index (χ3n) is 5.28. The van der Waals surface area contributed by atoms with Crippen LogP contribution in [0.15, 0.2) is 12.4 Å². The first-order valence-corrected chi connectivity index (χ1v) is 11.2. The van der Waals surface area contributed by atoms with E-state index >= 15 is 0 Å². The number of carboxylic acid groups (broad SMARTS) is 1. The summed E-state index contributed by atoms with van der Waals surface area (Å²) >= 11 is 0. The number of alkyl halides is 3. The number of halogens is 4. The summed E-state index contributed by atoms with van der Waals surface area (Å²) in [5.74, 6) is -2.73. The van der Waals surface area contributed by atoms with E-state index in [-0.39, 0.29) is 11.6 Å². The Hall–Kier alpha value is -2.06. The SMILES string of the molecule is COCC1CCC2(CCN(c3ncc(F)cn3)CC2)N1S(C)(=O)=O.O=C(O)C(F)(F)F. The predicted molar refractivity (Wildman–Crippen MR) is 101 cm³/mol. The molecule has 1 aromatic rings. The molecule has 31 heavy (non-hydrogen) atoms. The smallest absolute Gasteiger partial charge is 0.475 e. The van der Waals surface area contributed by atoms with E-state index in [2.05, 4.69) is 9.97 Å². The number of methoxy groups -OCH3 is 1. The van der Waals surface area contributed by atoms with Crippen molar-refractivity contribution in [2.75, 3.05) is 38.0 Å². The Morgan fingerprint density at radius 3 is 2.19 bits per heavy atom. The number of hydrogen-bond donors (Lipinski definition) is 1. The van der Waals surface area contributed by atoms with Crippen molar-refractivity contribution in [3.63, 3.8) is 0 Å². The number of hydrogen-bond acceptors (Lipinski definition) is 7. The minimum atomic E-state index is -5.08. The molecule has 1 spiro atoms. The third kappa shape index (κ3) is 6.23. The molecule has 2 aliphatic heterocycles. The maximum Gasteiger partial charge on any atom is 0.490 e. The zero-order valence-corrected chi connectivity index (χ0v) is 17.8. The Labute approximate surface area is 177 Å². The van der Waals surface area contributed by atoms with E-state index in [1.165, 1.54) is 6.26 Å². The molecule has 1 atom stereocenters. The molecule has 3 rings (SSSR count). The summed E-state index contributed by atoms with van der Waals surface area (Å²) in [5, 5.41) is 7.12. The van der Waals surface area contributed by atoms with Gasteiger partial charge < -0.3 is 14.7 Å². The second-order valence-electron chi connectivity index (χ2n) is 7.42. The van der Waals surface area contributed by atoms with Crippen LogP contribution in [0.3, 0.4) is 0 Å². The lowest BCUT2D eigenvalue weighted by molar-refractivity contribution is -0.192. The highest BCUT2D eigenvalue weighted by Gasteiger charge is 2.52. The van der Waals surface area contributed by atoms with Gasteiger partial charge in [0, 0.05) is 31.8 Å². The molecule has 0 bridgehead atoms. The molecular weight excluding hydrogens is 448 g/mol. The monoisotopic (exact) mass is 472 g/mol.